The maximum absolute atomic E-state index is 12.4. The molecule has 13 heteroatoms. The summed E-state index contributed by atoms with van der Waals surface area (Å²) in [7, 11) is -2.77. The lowest BCUT2D eigenvalue weighted by Crippen LogP contribution is -2.34. The molecule has 0 unspecified atom stereocenters. The second kappa shape index (κ2) is 8.87. The van der Waals surface area contributed by atoms with Crippen molar-refractivity contribution in [2.75, 3.05) is 25.5 Å². The number of halogens is 5. The van der Waals surface area contributed by atoms with Crippen LogP contribution in [0.2, 0.25) is 9.36 Å². The fourth-order valence-electron chi connectivity index (χ4n) is 1.95. The van der Waals surface area contributed by atoms with E-state index in [0.717, 1.165) is 21.7 Å². The molecule has 0 aliphatic rings. The van der Waals surface area contributed by atoms with Crippen molar-refractivity contribution in [3.63, 3.8) is 0 Å². The van der Waals surface area contributed by atoms with Crippen molar-refractivity contribution >= 4 is 56.2 Å². The SMILES string of the molecule is CN(CC(=O)Nc1cc(Cl)ccc1OCC(F)(F)F)S(=O)(=O)c1ccc(Cl)s1. The van der Waals surface area contributed by atoms with Gasteiger partial charge in [-0.15, -0.1) is 11.3 Å². The Morgan fingerprint density at radius 2 is 1.93 bits per heavy atom. The van der Waals surface area contributed by atoms with Crippen LogP contribution >= 0.6 is 34.5 Å². The molecule has 2 rings (SSSR count). The van der Waals surface area contributed by atoms with Crippen LogP contribution in [0.3, 0.4) is 0 Å². The summed E-state index contributed by atoms with van der Waals surface area (Å²) in [6.07, 6.45) is -4.57. The molecule has 6 nitrogen and oxygen atoms in total. The number of thiophene rings is 1. The van der Waals surface area contributed by atoms with Gasteiger partial charge in [0.05, 0.1) is 16.6 Å². The molecule has 0 spiro atoms. The highest BCUT2D eigenvalue weighted by atomic mass is 35.5. The second-order valence-electron chi connectivity index (χ2n) is 5.41. The van der Waals surface area contributed by atoms with Crippen LogP contribution in [-0.2, 0) is 14.8 Å². The highest BCUT2D eigenvalue weighted by molar-refractivity contribution is 7.91. The number of sulfonamides is 1. The molecule has 0 aliphatic heterocycles. The van der Waals surface area contributed by atoms with Crippen molar-refractivity contribution in [2.24, 2.45) is 0 Å². The second-order valence-corrected chi connectivity index (χ2v) is 9.84. The minimum atomic E-state index is -4.57. The van der Waals surface area contributed by atoms with Gasteiger partial charge in [0.25, 0.3) is 10.0 Å². The number of ether oxygens (including phenoxy) is 1. The maximum atomic E-state index is 12.4. The Balaban J connectivity index is 2.11. The fourth-order valence-corrected chi connectivity index (χ4v) is 4.94. The molecule has 28 heavy (non-hydrogen) atoms. The van der Waals surface area contributed by atoms with Crippen LogP contribution in [0.4, 0.5) is 18.9 Å². The number of rotatable bonds is 7. The molecule has 0 radical (unpaired) electrons. The Morgan fingerprint density at radius 3 is 2.50 bits per heavy atom. The van der Waals surface area contributed by atoms with E-state index in [9.17, 15) is 26.4 Å². The molecule has 0 saturated carbocycles. The summed E-state index contributed by atoms with van der Waals surface area (Å²) >= 11 is 12.4. The first-order valence-electron chi connectivity index (χ1n) is 7.39. The Labute approximate surface area is 172 Å². The number of nitrogens with zero attached hydrogens (tertiary/aromatic N) is 1. The first-order valence-corrected chi connectivity index (χ1v) is 10.4. The van der Waals surface area contributed by atoms with Crippen LogP contribution in [0.15, 0.2) is 34.5 Å². The average Bonchev–Trinajstić information content (AvgIpc) is 3.00. The van der Waals surface area contributed by atoms with E-state index in [-0.39, 0.29) is 25.0 Å². The quantitative estimate of drug-likeness (QED) is 0.647. The predicted octanol–water partition coefficient (Wildman–Crippen LogP) is 4.26. The summed E-state index contributed by atoms with van der Waals surface area (Å²) in [4.78, 5) is 12.2. The smallest absolute Gasteiger partial charge is 0.422 e. The van der Waals surface area contributed by atoms with E-state index in [4.69, 9.17) is 23.2 Å². The van der Waals surface area contributed by atoms with Gasteiger partial charge in [-0.05, 0) is 30.3 Å². The lowest BCUT2D eigenvalue weighted by Gasteiger charge is -2.17. The van der Waals surface area contributed by atoms with Crippen LogP contribution in [0.25, 0.3) is 0 Å². The molecule has 1 amide bonds. The first-order chi connectivity index (χ1) is 12.9. The van der Waals surface area contributed by atoms with Crippen LogP contribution in [-0.4, -0.2) is 45.0 Å². The van der Waals surface area contributed by atoms with Crippen molar-refractivity contribution in [3.8, 4) is 5.75 Å². The summed E-state index contributed by atoms with van der Waals surface area (Å²) < 4.78 is 67.5. The zero-order valence-electron chi connectivity index (χ0n) is 14.1. The number of hydrogen-bond donors (Lipinski definition) is 1. The number of carbonyl (C=O) groups excluding carboxylic acids is 1. The Bertz CT molecular complexity index is 964. The number of alkyl halides is 3. The lowest BCUT2D eigenvalue weighted by atomic mass is 10.3. The van der Waals surface area contributed by atoms with Crippen molar-refractivity contribution in [1.29, 1.82) is 0 Å². The Morgan fingerprint density at radius 1 is 1.25 bits per heavy atom. The van der Waals surface area contributed by atoms with Crippen molar-refractivity contribution in [3.05, 3.63) is 39.7 Å². The van der Waals surface area contributed by atoms with Crippen molar-refractivity contribution < 1.29 is 31.1 Å². The molecular weight excluding hydrogens is 464 g/mol. The van der Waals surface area contributed by atoms with Crippen LogP contribution in [0.5, 0.6) is 5.75 Å². The number of anilines is 1. The van der Waals surface area contributed by atoms with Gasteiger partial charge in [-0.2, -0.15) is 17.5 Å². The van der Waals surface area contributed by atoms with Gasteiger partial charge in [-0.25, -0.2) is 8.42 Å². The van der Waals surface area contributed by atoms with E-state index < -0.39 is 35.3 Å². The summed E-state index contributed by atoms with van der Waals surface area (Å²) in [6.45, 7) is -2.16. The van der Waals surface area contributed by atoms with Gasteiger partial charge in [0.1, 0.15) is 9.96 Å². The van der Waals surface area contributed by atoms with E-state index in [1.54, 1.807) is 0 Å². The number of likely N-dealkylation sites (N-methyl/N-ethyl adjacent to an activating group) is 1. The molecule has 154 valence electrons. The highest BCUT2D eigenvalue weighted by Crippen LogP contribution is 2.30. The normalized spacial score (nSPS) is 12.2. The lowest BCUT2D eigenvalue weighted by molar-refractivity contribution is -0.153. The zero-order valence-corrected chi connectivity index (χ0v) is 17.2. The number of hydrogen-bond acceptors (Lipinski definition) is 5. The van der Waals surface area contributed by atoms with Gasteiger partial charge >= 0.3 is 6.18 Å². The van der Waals surface area contributed by atoms with E-state index >= 15 is 0 Å². The molecule has 1 aromatic heterocycles. The molecule has 0 fully saturated rings. The summed E-state index contributed by atoms with van der Waals surface area (Å²) in [5, 5.41) is 2.45. The van der Waals surface area contributed by atoms with E-state index in [2.05, 4.69) is 10.1 Å². The molecule has 1 N–H and O–H groups in total. The highest BCUT2D eigenvalue weighted by Gasteiger charge is 2.29. The van der Waals surface area contributed by atoms with Crippen LogP contribution in [0.1, 0.15) is 0 Å². The predicted molar refractivity (Wildman–Crippen MR) is 101 cm³/mol. The number of nitrogens with one attached hydrogen (secondary N) is 1. The van der Waals surface area contributed by atoms with Gasteiger partial charge < -0.3 is 10.1 Å². The summed E-state index contributed by atoms with van der Waals surface area (Å²) in [5.41, 5.74) is -0.119. The Kier molecular flexibility index (Phi) is 7.21. The van der Waals surface area contributed by atoms with Gasteiger partial charge in [0, 0.05) is 12.1 Å². The fraction of sp³-hybridized carbons (Fsp3) is 0.267. The number of benzene rings is 1. The molecule has 1 aromatic carbocycles. The van der Waals surface area contributed by atoms with Crippen molar-refractivity contribution in [1.82, 2.24) is 4.31 Å². The molecule has 1 heterocycles. The third kappa shape index (κ3) is 6.24. The van der Waals surface area contributed by atoms with Crippen molar-refractivity contribution in [2.45, 2.75) is 10.4 Å². The van der Waals surface area contributed by atoms with Gasteiger partial charge in [-0.1, -0.05) is 23.2 Å². The third-order valence-corrected chi connectivity index (χ3v) is 6.92. The average molecular weight is 477 g/mol. The van der Waals surface area contributed by atoms with E-state index in [1.807, 2.05) is 0 Å². The molecule has 0 saturated heterocycles. The topological polar surface area (TPSA) is 75.7 Å². The van der Waals surface area contributed by atoms with Gasteiger partial charge in [0.15, 0.2) is 6.61 Å². The minimum Gasteiger partial charge on any atom is -0.482 e. The molecule has 2 aromatic rings. The molecule has 0 atom stereocenters. The minimum absolute atomic E-state index is 0.0512. The largest absolute Gasteiger partial charge is 0.482 e. The van der Waals surface area contributed by atoms with Crippen LogP contribution in [0, 0.1) is 0 Å². The first kappa shape index (κ1) is 22.8. The molecular formula is C15H13Cl2F3N2O4S2. The van der Waals surface area contributed by atoms with Gasteiger partial charge in [-0.3, -0.25) is 4.79 Å². The standard InChI is InChI=1S/C15H13Cl2F3N2O4S2/c1-22(28(24,25)14-5-4-12(17)27-14)7-13(23)21-10-6-9(16)2-3-11(10)26-8-15(18,19)20/h2-6H,7-8H2,1H3,(H,21,23). The van der Waals surface area contributed by atoms with Crippen LogP contribution < -0.4 is 10.1 Å². The van der Waals surface area contributed by atoms with Gasteiger partial charge in [0.2, 0.25) is 5.91 Å². The molecule has 0 bridgehead atoms. The van der Waals surface area contributed by atoms with E-state index in [1.165, 1.54) is 31.3 Å². The monoisotopic (exact) mass is 476 g/mol. The molecule has 0 aliphatic carbocycles. The van der Waals surface area contributed by atoms with E-state index in [0.29, 0.717) is 0 Å². The summed E-state index contributed by atoms with van der Waals surface area (Å²) in [5.74, 6) is -1.06. The number of carbonyl (C=O) groups is 1. The number of amides is 1. The maximum Gasteiger partial charge on any atom is 0.422 e. The zero-order chi connectivity index (χ0) is 21.1. The third-order valence-electron chi connectivity index (χ3n) is 3.19. The summed E-state index contributed by atoms with van der Waals surface area (Å²) in [6, 6.07) is 6.36. The Hall–Kier alpha value is -1.53.